The van der Waals surface area contributed by atoms with Crippen molar-refractivity contribution in [1.82, 2.24) is 0 Å². The molecule has 0 amide bonds. The molecule has 18 heavy (non-hydrogen) atoms. The van der Waals surface area contributed by atoms with Crippen LogP contribution in [-0.2, 0) is 16.0 Å². The third-order valence-electron chi connectivity index (χ3n) is 3.39. The molecule has 2 nitrogen and oxygen atoms in total. The van der Waals surface area contributed by atoms with Crippen LogP contribution in [0.2, 0.25) is 0 Å². The van der Waals surface area contributed by atoms with Crippen LogP contribution in [0, 0.1) is 0 Å². The summed E-state index contributed by atoms with van der Waals surface area (Å²) in [6.45, 7) is 0. The number of hydrogen-bond donors (Lipinski definition) is 1. The standard InChI is InChI=1S/C15H20O2S/c16-15(11-12-7-9-14(18)10-8-12)17-13-5-3-1-2-4-6-13/h7-10,13,18H,1-6,11H2. The Labute approximate surface area is 114 Å². The molecule has 0 saturated heterocycles. The Morgan fingerprint density at radius 3 is 2.33 bits per heavy atom. The van der Waals surface area contributed by atoms with Crippen LogP contribution in [0.5, 0.6) is 0 Å². The molecule has 1 saturated carbocycles. The van der Waals surface area contributed by atoms with Crippen molar-refractivity contribution in [3.05, 3.63) is 29.8 Å². The predicted octanol–water partition coefficient (Wildman–Crippen LogP) is 3.78. The van der Waals surface area contributed by atoms with Gasteiger partial charge >= 0.3 is 5.97 Å². The fourth-order valence-electron chi connectivity index (χ4n) is 2.37. The number of carbonyl (C=O) groups excluding carboxylic acids is 1. The SMILES string of the molecule is O=C(Cc1ccc(S)cc1)OC1CCCCCC1. The summed E-state index contributed by atoms with van der Waals surface area (Å²) in [7, 11) is 0. The lowest BCUT2D eigenvalue weighted by atomic mass is 10.1. The number of hydrogen-bond acceptors (Lipinski definition) is 3. The number of rotatable bonds is 3. The lowest BCUT2D eigenvalue weighted by Gasteiger charge is -2.15. The number of benzene rings is 1. The largest absolute Gasteiger partial charge is 0.462 e. The number of carbonyl (C=O) groups is 1. The highest BCUT2D eigenvalue weighted by atomic mass is 32.1. The average molecular weight is 264 g/mol. The molecule has 98 valence electrons. The normalized spacial score (nSPS) is 17.2. The zero-order chi connectivity index (χ0) is 12.8. The van der Waals surface area contributed by atoms with Gasteiger partial charge in [0, 0.05) is 4.90 Å². The quantitative estimate of drug-likeness (QED) is 0.511. The van der Waals surface area contributed by atoms with Crippen LogP contribution in [0.15, 0.2) is 29.2 Å². The van der Waals surface area contributed by atoms with Gasteiger partial charge in [-0.05, 0) is 43.4 Å². The van der Waals surface area contributed by atoms with Gasteiger partial charge in [-0.1, -0.05) is 25.0 Å². The third kappa shape index (κ3) is 4.37. The smallest absolute Gasteiger partial charge is 0.310 e. The predicted molar refractivity (Wildman–Crippen MR) is 75.0 cm³/mol. The number of esters is 1. The Bertz CT molecular complexity index is 378. The highest BCUT2D eigenvalue weighted by Crippen LogP contribution is 2.20. The second-order valence-electron chi connectivity index (χ2n) is 4.95. The van der Waals surface area contributed by atoms with Crippen molar-refractivity contribution in [2.45, 2.75) is 55.9 Å². The van der Waals surface area contributed by atoms with Gasteiger partial charge in [0.1, 0.15) is 6.10 Å². The Morgan fingerprint density at radius 2 is 1.72 bits per heavy atom. The summed E-state index contributed by atoms with van der Waals surface area (Å²) in [5, 5.41) is 0. The maximum absolute atomic E-state index is 11.8. The third-order valence-corrected chi connectivity index (χ3v) is 3.68. The van der Waals surface area contributed by atoms with Crippen LogP contribution >= 0.6 is 12.6 Å². The summed E-state index contributed by atoms with van der Waals surface area (Å²) < 4.78 is 5.55. The highest BCUT2D eigenvalue weighted by Gasteiger charge is 2.16. The van der Waals surface area contributed by atoms with Gasteiger partial charge in [0.15, 0.2) is 0 Å². The fraction of sp³-hybridized carbons (Fsp3) is 0.533. The van der Waals surface area contributed by atoms with E-state index in [2.05, 4.69) is 12.6 Å². The van der Waals surface area contributed by atoms with E-state index in [0.717, 1.165) is 23.3 Å². The number of ether oxygens (including phenoxy) is 1. The van der Waals surface area contributed by atoms with E-state index in [4.69, 9.17) is 4.74 Å². The zero-order valence-electron chi connectivity index (χ0n) is 10.6. The second kappa shape index (κ2) is 6.83. The maximum atomic E-state index is 11.8. The minimum Gasteiger partial charge on any atom is -0.462 e. The summed E-state index contributed by atoms with van der Waals surface area (Å²) in [6, 6.07) is 7.65. The van der Waals surface area contributed by atoms with Crippen LogP contribution in [0.25, 0.3) is 0 Å². The topological polar surface area (TPSA) is 26.3 Å². The van der Waals surface area contributed by atoms with Gasteiger partial charge in [-0.2, -0.15) is 0 Å². The van der Waals surface area contributed by atoms with Gasteiger partial charge in [-0.15, -0.1) is 12.6 Å². The lowest BCUT2D eigenvalue weighted by Crippen LogP contribution is -2.18. The van der Waals surface area contributed by atoms with E-state index in [1.165, 1.54) is 25.7 Å². The summed E-state index contributed by atoms with van der Waals surface area (Å²) in [6.07, 6.45) is 7.49. The Kier molecular flexibility index (Phi) is 5.12. The van der Waals surface area contributed by atoms with E-state index in [9.17, 15) is 4.79 Å². The van der Waals surface area contributed by atoms with Crippen LogP contribution < -0.4 is 0 Å². The van der Waals surface area contributed by atoms with Gasteiger partial charge in [0.05, 0.1) is 6.42 Å². The monoisotopic (exact) mass is 264 g/mol. The van der Waals surface area contributed by atoms with E-state index in [0.29, 0.717) is 6.42 Å². The van der Waals surface area contributed by atoms with Crippen LogP contribution in [0.3, 0.4) is 0 Å². The molecule has 0 heterocycles. The van der Waals surface area contributed by atoms with Crippen molar-refractivity contribution in [2.24, 2.45) is 0 Å². The van der Waals surface area contributed by atoms with Gasteiger partial charge in [0.2, 0.25) is 0 Å². The average Bonchev–Trinajstić information content (AvgIpc) is 2.61. The second-order valence-corrected chi connectivity index (χ2v) is 5.46. The molecule has 1 fully saturated rings. The van der Waals surface area contributed by atoms with Crippen LogP contribution in [0.1, 0.15) is 44.1 Å². The van der Waals surface area contributed by atoms with Gasteiger partial charge in [-0.25, -0.2) is 0 Å². The van der Waals surface area contributed by atoms with E-state index < -0.39 is 0 Å². The molecule has 1 aromatic carbocycles. The van der Waals surface area contributed by atoms with Crippen molar-refractivity contribution < 1.29 is 9.53 Å². The van der Waals surface area contributed by atoms with Crippen molar-refractivity contribution in [1.29, 1.82) is 0 Å². The summed E-state index contributed by atoms with van der Waals surface area (Å²) >= 11 is 4.22. The first-order valence-corrected chi connectivity index (χ1v) is 7.16. The summed E-state index contributed by atoms with van der Waals surface area (Å²) in [4.78, 5) is 12.7. The molecule has 1 aliphatic rings. The molecule has 0 radical (unpaired) electrons. The first kappa shape index (κ1) is 13.5. The minimum atomic E-state index is -0.103. The Hall–Kier alpha value is -0.960. The lowest BCUT2D eigenvalue weighted by molar-refractivity contribution is -0.148. The van der Waals surface area contributed by atoms with Crippen molar-refractivity contribution in [2.75, 3.05) is 0 Å². The first-order valence-electron chi connectivity index (χ1n) is 6.71. The Balaban J connectivity index is 1.82. The van der Waals surface area contributed by atoms with E-state index in [1.807, 2.05) is 24.3 Å². The molecular formula is C15H20O2S. The molecule has 0 atom stereocenters. The first-order chi connectivity index (χ1) is 8.74. The van der Waals surface area contributed by atoms with Crippen LogP contribution in [-0.4, -0.2) is 12.1 Å². The minimum absolute atomic E-state index is 0.103. The van der Waals surface area contributed by atoms with Crippen molar-refractivity contribution in [3.63, 3.8) is 0 Å². The summed E-state index contributed by atoms with van der Waals surface area (Å²) in [5.41, 5.74) is 0.992. The van der Waals surface area contributed by atoms with Crippen molar-refractivity contribution >= 4 is 18.6 Å². The van der Waals surface area contributed by atoms with Crippen LogP contribution in [0.4, 0.5) is 0 Å². The van der Waals surface area contributed by atoms with E-state index in [1.54, 1.807) is 0 Å². The molecule has 1 aliphatic carbocycles. The molecule has 1 aromatic rings. The van der Waals surface area contributed by atoms with Crippen molar-refractivity contribution in [3.8, 4) is 0 Å². The van der Waals surface area contributed by atoms with E-state index >= 15 is 0 Å². The fourth-order valence-corrected chi connectivity index (χ4v) is 2.52. The molecule has 2 rings (SSSR count). The van der Waals surface area contributed by atoms with Gasteiger partial charge < -0.3 is 4.74 Å². The Morgan fingerprint density at radius 1 is 1.11 bits per heavy atom. The van der Waals surface area contributed by atoms with E-state index in [-0.39, 0.29) is 12.1 Å². The molecule has 0 aliphatic heterocycles. The molecule has 0 spiro atoms. The highest BCUT2D eigenvalue weighted by molar-refractivity contribution is 7.80. The summed E-state index contributed by atoms with van der Waals surface area (Å²) in [5.74, 6) is -0.103. The maximum Gasteiger partial charge on any atom is 0.310 e. The number of thiol groups is 1. The zero-order valence-corrected chi connectivity index (χ0v) is 11.5. The van der Waals surface area contributed by atoms with Gasteiger partial charge in [0.25, 0.3) is 0 Å². The molecule has 0 N–H and O–H groups in total. The molecule has 0 bridgehead atoms. The molecule has 0 aromatic heterocycles. The molecular weight excluding hydrogens is 244 g/mol. The van der Waals surface area contributed by atoms with Gasteiger partial charge in [-0.3, -0.25) is 4.79 Å². The molecule has 0 unspecified atom stereocenters. The molecule has 3 heteroatoms.